The van der Waals surface area contributed by atoms with Gasteiger partial charge in [0.05, 0.1) is 0 Å². The van der Waals surface area contributed by atoms with E-state index in [4.69, 9.17) is 4.74 Å². The summed E-state index contributed by atoms with van der Waals surface area (Å²) in [5.74, 6) is 0. The van der Waals surface area contributed by atoms with Gasteiger partial charge in [0.2, 0.25) is 0 Å². The van der Waals surface area contributed by atoms with Gasteiger partial charge < -0.3 is 15.0 Å². The van der Waals surface area contributed by atoms with Crippen LogP contribution in [0.1, 0.15) is 51.3 Å². The minimum atomic E-state index is -0.433. The third-order valence-corrected chi connectivity index (χ3v) is 3.87. The molecule has 2 rings (SSSR count). The SMILES string of the molecule is Cc1cccc([C@H](C)NC2CCN(C(=O)OC(C)(C)C)C2)c1. The van der Waals surface area contributed by atoms with Crippen LogP contribution in [0.2, 0.25) is 0 Å². The molecule has 1 aliphatic rings. The molecule has 1 saturated heterocycles. The van der Waals surface area contributed by atoms with Crippen molar-refractivity contribution >= 4 is 6.09 Å². The van der Waals surface area contributed by atoms with Crippen LogP contribution in [-0.2, 0) is 4.74 Å². The lowest BCUT2D eigenvalue weighted by Gasteiger charge is -2.25. The molecule has 1 unspecified atom stereocenters. The van der Waals surface area contributed by atoms with E-state index in [0.29, 0.717) is 12.6 Å². The molecule has 122 valence electrons. The lowest BCUT2D eigenvalue weighted by Crippen LogP contribution is -2.39. The second-order valence-electron chi connectivity index (χ2n) is 7.21. The van der Waals surface area contributed by atoms with E-state index in [0.717, 1.165) is 13.0 Å². The monoisotopic (exact) mass is 304 g/mol. The minimum absolute atomic E-state index is 0.208. The van der Waals surface area contributed by atoms with Gasteiger partial charge in [-0.3, -0.25) is 0 Å². The van der Waals surface area contributed by atoms with E-state index in [2.05, 4.69) is 43.4 Å². The molecule has 2 atom stereocenters. The highest BCUT2D eigenvalue weighted by molar-refractivity contribution is 5.68. The molecule has 0 aliphatic carbocycles. The van der Waals surface area contributed by atoms with Crippen LogP contribution in [-0.4, -0.2) is 35.7 Å². The Morgan fingerprint density at radius 1 is 1.41 bits per heavy atom. The van der Waals surface area contributed by atoms with E-state index in [1.54, 1.807) is 4.90 Å². The second kappa shape index (κ2) is 6.69. The molecule has 0 radical (unpaired) electrons. The zero-order chi connectivity index (χ0) is 16.3. The first-order chi connectivity index (χ1) is 10.2. The lowest BCUT2D eigenvalue weighted by atomic mass is 10.0. The van der Waals surface area contributed by atoms with Gasteiger partial charge in [-0.05, 0) is 46.6 Å². The van der Waals surface area contributed by atoms with Crippen molar-refractivity contribution in [2.75, 3.05) is 13.1 Å². The van der Waals surface area contributed by atoms with Crippen molar-refractivity contribution < 1.29 is 9.53 Å². The van der Waals surface area contributed by atoms with Crippen molar-refractivity contribution in [2.45, 2.75) is 58.7 Å². The summed E-state index contributed by atoms with van der Waals surface area (Å²) >= 11 is 0. The lowest BCUT2D eigenvalue weighted by molar-refractivity contribution is 0.0290. The normalized spacial score (nSPS) is 20.0. The summed E-state index contributed by atoms with van der Waals surface area (Å²) < 4.78 is 5.43. The Morgan fingerprint density at radius 3 is 2.77 bits per heavy atom. The number of benzene rings is 1. The number of hydrogen-bond donors (Lipinski definition) is 1. The molecule has 1 N–H and O–H groups in total. The topological polar surface area (TPSA) is 41.6 Å². The fourth-order valence-corrected chi connectivity index (χ4v) is 2.78. The fourth-order valence-electron chi connectivity index (χ4n) is 2.78. The molecule has 22 heavy (non-hydrogen) atoms. The molecule has 0 aromatic heterocycles. The summed E-state index contributed by atoms with van der Waals surface area (Å²) in [5.41, 5.74) is 2.13. The molecule has 4 nitrogen and oxygen atoms in total. The van der Waals surface area contributed by atoms with Crippen molar-refractivity contribution in [1.29, 1.82) is 0 Å². The van der Waals surface area contributed by atoms with Crippen LogP contribution in [0.25, 0.3) is 0 Å². The van der Waals surface area contributed by atoms with Crippen molar-refractivity contribution in [3.63, 3.8) is 0 Å². The molecular formula is C18H28N2O2. The Labute approximate surface area is 133 Å². The van der Waals surface area contributed by atoms with Crippen LogP contribution in [0.3, 0.4) is 0 Å². The molecular weight excluding hydrogens is 276 g/mol. The van der Waals surface area contributed by atoms with Gasteiger partial charge in [-0.15, -0.1) is 0 Å². The molecule has 1 aromatic rings. The van der Waals surface area contributed by atoms with Crippen LogP contribution in [0, 0.1) is 6.92 Å². The predicted molar refractivity (Wildman–Crippen MR) is 88.9 cm³/mol. The van der Waals surface area contributed by atoms with E-state index >= 15 is 0 Å². The Balaban J connectivity index is 1.87. The molecule has 1 amide bonds. The maximum Gasteiger partial charge on any atom is 0.410 e. The number of nitrogens with zero attached hydrogens (tertiary/aromatic N) is 1. The van der Waals surface area contributed by atoms with E-state index in [-0.39, 0.29) is 12.1 Å². The van der Waals surface area contributed by atoms with Crippen molar-refractivity contribution in [3.05, 3.63) is 35.4 Å². The summed E-state index contributed by atoms with van der Waals surface area (Å²) in [6.07, 6.45) is 0.759. The number of hydrogen-bond acceptors (Lipinski definition) is 3. The van der Waals surface area contributed by atoms with Crippen molar-refractivity contribution in [1.82, 2.24) is 10.2 Å². The van der Waals surface area contributed by atoms with Crippen LogP contribution in [0.4, 0.5) is 4.79 Å². The van der Waals surface area contributed by atoms with Crippen LogP contribution >= 0.6 is 0 Å². The molecule has 0 saturated carbocycles. The highest BCUT2D eigenvalue weighted by atomic mass is 16.6. The molecule has 1 fully saturated rings. The molecule has 4 heteroatoms. The van der Waals surface area contributed by atoms with Crippen molar-refractivity contribution in [3.8, 4) is 0 Å². The number of nitrogens with one attached hydrogen (secondary N) is 1. The number of ether oxygens (including phenoxy) is 1. The second-order valence-corrected chi connectivity index (χ2v) is 7.21. The van der Waals surface area contributed by atoms with Crippen molar-refractivity contribution in [2.24, 2.45) is 0 Å². The summed E-state index contributed by atoms with van der Waals surface area (Å²) in [4.78, 5) is 13.9. The van der Waals surface area contributed by atoms with Crippen LogP contribution in [0.5, 0.6) is 0 Å². The standard InChI is InChI=1S/C18H28N2O2/c1-13-7-6-8-15(11-13)14(2)19-16-9-10-20(12-16)17(21)22-18(3,4)5/h6-8,11,14,16,19H,9-10,12H2,1-5H3/t14-,16?/m0/s1. The smallest absolute Gasteiger partial charge is 0.410 e. The molecule has 0 bridgehead atoms. The quantitative estimate of drug-likeness (QED) is 0.926. The predicted octanol–water partition coefficient (Wildman–Crippen LogP) is 3.66. The summed E-state index contributed by atoms with van der Waals surface area (Å²) in [5, 5.41) is 3.62. The first kappa shape index (κ1) is 16.8. The zero-order valence-corrected chi connectivity index (χ0v) is 14.3. The average Bonchev–Trinajstić information content (AvgIpc) is 2.85. The first-order valence-electron chi connectivity index (χ1n) is 8.05. The minimum Gasteiger partial charge on any atom is -0.444 e. The molecule has 1 heterocycles. The number of carbonyl (C=O) groups excluding carboxylic acids is 1. The molecule has 0 spiro atoms. The maximum atomic E-state index is 12.1. The Hall–Kier alpha value is -1.55. The fraction of sp³-hybridized carbons (Fsp3) is 0.611. The van der Waals surface area contributed by atoms with Gasteiger partial charge in [0.25, 0.3) is 0 Å². The number of likely N-dealkylation sites (tertiary alicyclic amines) is 1. The third kappa shape index (κ3) is 4.73. The highest BCUT2D eigenvalue weighted by Crippen LogP contribution is 2.19. The molecule has 1 aliphatic heterocycles. The van der Waals surface area contributed by atoms with E-state index in [9.17, 15) is 4.79 Å². The van der Waals surface area contributed by atoms with E-state index < -0.39 is 5.60 Å². The zero-order valence-electron chi connectivity index (χ0n) is 14.3. The van der Waals surface area contributed by atoms with Gasteiger partial charge in [0.15, 0.2) is 0 Å². The Bertz CT molecular complexity index is 522. The van der Waals surface area contributed by atoms with Crippen LogP contribution in [0.15, 0.2) is 24.3 Å². The number of amides is 1. The molecule has 1 aromatic carbocycles. The average molecular weight is 304 g/mol. The maximum absolute atomic E-state index is 12.1. The third-order valence-electron chi connectivity index (χ3n) is 3.87. The largest absolute Gasteiger partial charge is 0.444 e. The summed E-state index contributed by atoms with van der Waals surface area (Å²) in [6.45, 7) is 11.4. The van der Waals surface area contributed by atoms with Gasteiger partial charge in [0, 0.05) is 25.2 Å². The van der Waals surface area contributed by atoms with Gasteiger partial charge >= 0.3 is 6.09 Å². The Morgan fingerprint density at radius 2 is 2.14 bits per heavy atom. The highest BCUT2D eigenvalue weighted by Gasteiger charge is 2.30. The van der Waals surface area contributed by atoms with Gasteiger partial charge in [0.1, 0.15) is 5.60 Å². The van der Waals surface area contributed by atoms with E-state index in [1.807, 2.05) is 20.8 Å². The van der Waals surface area contributed by atoms with E-state index in [1.165, 1.54) is 11.1 Å². The van der Waals surface area contributed by atoms with Gasteiger partial charge in [-0.1, -0.05) is 29.8 Å². The summed E-state index contributed by atoms with van der Waals surface area (Å²) in [6, 6.07) is 9.15. The van der Waals surface area contributed by atoms with Gasteiger partial charge in [-0.25, -0.2) is 4.79 Å². The number of rotatable bonds is 3. The number of aryl methyl sites for hydroxylation is 1. The number of carbonyl (C=O) groups is 1. The Kier molecular flexibility index (Phi) is 5.12. The van der Waals surface area contributed by atoms with Gasteiger partial charge in [-0.2, -0.15) is 0 Å². The summed E-state index contributed by atoms with van der Waals surface area (Å²) in [7, 11) is 0. The van der Waals surface area contributed by atoms with Crippen LogP contribution < -0.4 is 5.32 Å². The first-order valence-corrected chi connectivity index (χ1v) is 8.05.